The molecule has 0 amide bonds. The third-order valence-corrected chi connectivity index (χ3v) is 4.91. The van der Waals surface area contributed by atoms with E-state index in [4.69, 9.17) is 16.3 Å². The first kappa shape index (κ1) is 22.8. The minimum atomic E-state index is -0.975. The minimum absolute atomic E-state index is 0.0126. The van der Waals surface area contributed by atoms with Gasteiger partial charge in [0, 0.05) is 17.1 Å². The molecule has 0 aliphatic heterocycles. The van der Waals surface area contributed by atoms with Crippen molar-refractivity contribution in [3.8, 4) is 11.1 Å². The van der Waals surface area contributed by atoms with Crippen LogP contribution in [0.15, 0.2) is 30.9 Å². The van der Waals surface area contributed by atoms with Crippen molar-refractivity contribution in [2.24, 2.45) is 0 Å². The van der Waals surface area contributed by atoms with Gasteiger partial charge in [-0.3, -0.25) is 9.59 Å². The topological polar surface area (TPSA) is 76.5 Å². The molecule has 2 aromatic rings. The van der Waals surface area contributed by atoms with Crippen molar-refractivity contribution in [3.63, 3.8) is 0 Å². The minimum Gasteiger partial charge on any atom is -0.469 e. The Kier molecular flexibility index (Phi) is 6.98. The highest BCUT2D eigenvalue weighted by Crippen LogP contribution is 2.36. The number of hydrogen-bond acceptors (Lipinski definition) is 5. The number of ketones is 1. The summed E-state index contributed by atoms with van der Waals surface area (Å²) in [5.41, 5.74) is 3.50. The van der Waals surface area contributed by atoms with E-state index in [1.807, 2.05) is 6.07 Å². The first-order valence-electron chi connectivity index (χ1n) is 9.23. The Balaban J connectivity index is 2.88. The molecule has 0 fully saturated rings. The number of aromatic nitrogens is 1. The van der Waals surface area contributed by atoms with E-state index in [1.165, 1.54) is 13.2 Å². The van der Waals surface area contributed by atoms with Crippen LogP contribution in [-0.2, 0) is 22.4 Å². The van der Waals surface area contributed by atoms with E-state index in [0.29, 0.717) is 28.3 Å². The van der Waals surface area contributed by atoms with Crippen molar-refractivity contribution in [2.45, 2.75) is 46.1 Å². The van der Waals surface area contributed by atoms with E-state index < -0.39 is 11.6 Å². The molecule has 0 radical (unpaired) electrons. The van der Waals surface area contributed by atoms with Gasteiger partial charge >= 0.3 is 5.97 Å². The largest absolute Gasteiger partial charge is 0.469 e. The number of halogens is 1. The van der Waals surface area contributed by atoms with E-state index in [2.05, 4.69) is 11.6 Å². The van der Waals surface area contributed by atoms with Crippen LogP contribution >= 0.6 is 11.6 Å². The first-order valence-corrected chi connectivity index (χ1v) is 9.61. The number of carbonyl (C=O) groups excluding carboxylic acids is 2. The fourth-order valence-electron chi connectivity index (χ4n) is 3.40. The van der Waals surface area contributed by atoms with Gasteiger partial charge in [-0.05, 0) is 73.7 Å². The fourth-order valence-corrected chi connectivity index (χ4v) is 3.59. The lowest BCUT2D eigenvalue weighted by Crippen LogP contribution is -2.22. The van der Waals surface area contributed by atoms with Crippen LogP contribution in [0.25, 0.3) is 11.1 Å². The van der Waals surface area contributed by atoms with Gasteiger partial charge in [-0.25, -0.2) is 4.98 Å². The molecule has 1 heterocycles. The lowest BCUT2D eigenvalue weighted by Gasteiger charge is -2.23. The first-order chi connectivity index (χ1) is 13.5. The lowest BCUT2D eigenvalue weighted by molar-refractivity contribution is -0.139. The zero-order valence-corrected chi connectivity index (χ0v) is 18.2. The summed E-state index contributed by atoms with van der Waals surface area (Å²) in [6.07, 6.45) is 1.57. The molecule has 1 aromatic carbocycles. The summed E-state index contributed by atoms with van der Waals surface area (Å²) in [7, 11) is 1.33. The summed E-state index contributed by atoms with van der Waals surface area (Å²) < 4.78 is 4.86. The highest BCUT2D eigenvalue weighted by atomic mass is 35.5. The van der Waals surface area contributed by atoms with Gasteiger partial charge in [0.1, 0.15) is 5.69 Å². The second-order valence-electron chi connectivity index (χ2n) is 7.64. The average molecular weight is 416 g/mol. The summed E-state index contributed by atoms with van der Waals surface area (Å²) in [5, 5.41) is 10.9. The second kappa shape index (κ2) is 8.89. The number of carbonyl (C=O) groups is 2. The molecule has 0 unspecified atom stereocenters. The molecular weight excluding hydrogens is 390 g/mol. The van der Waals surface area contributed by atoms with Crippen LogP contribution < -0.4 is 0 Å². The second-order valence-corrected chi connectivity index (χ2v) is 8.07. The van der Waals surface area contributed by atoms with Gasteiger partial charge in [0.2, 0.25) is 5.78 Å². The Morgan fingerprint density at radius 2 is 1.97 bits per heavy atom. The van der Waals surface area contributed by atoms with Crippen LogP contribution in [-0.4, -0.2) is 34.6 Å². The predicted molar refractivity (Wildman–Crippen MR) is 114 cm³/mol. The molecule has 6 heteroatoms. The Hall–Kier alpha value is -2.50. The number of allylic oxidation sites excluding steroid dienone is 1. The highest BCUT2D eigenvalue weighted by molar-refractivity contribution is 6.30. The van der Waals surface area contributed by atoms with Crippen LogP contribution in [0, 0.1) is 13.8 Å². The molecule has 5 nitrogen and oxygen atoms in total. The van der Waals surface area contributed by atoms with Crippen molar-refractivity contribution in [3.05, 3.63) is 64.0 Å². The fraction of sp³-hybridized carbons (Fsp3) is 0.348. The number of pyridine rings is 1. The third-order valence-electron chi connectivity index (χ3n) is 4.68. The summed E-state index contributed by atoms with van der Waals surface area (Å²) in [6.45, 7) is 10.5. The number of hydrogen-bond donors (Lipinski definition) is 1. The Morgan fingerprint density at radius 1 is 1.31 bits per heavy atom. The van der Waals surface area contributed by atoms with Gasteiger partial charge in [-0.2, -0.15) is 0 Å². The lowest BCUT2D eigenvalue weighted by atomic mass is 9.85. The number of methoxy groups -OCH3 is 1. The summed E-state index contributed by atoms with van der Waals surface area (Å²) >= 11 is 6.22. The van der Waals surface area contributed by atoms with E-state index in [0.717, 1.165) is 16.7 Å². The molecule has 154 valence electrons. The molecular formula is C23H26ClNO4. The molecule has 0 bridgehead atoms. The van der Waals surface area contributed by atoms with Crippen molar-refractivity contribution in [1.82, 2.24) is 4.98 Å². The van der Waals surface area contributed by atoms with Crippen molar-refractivity contribution in [2.75, 3.05) is 7.11 Å². The molecule has 1 N–H and O–H groups in total. The zero-order chi connectivity index (χ0) is 21.9. The molecule has 0 saturated heterocycles. The third kappa shape index (κ3) is 5.31. The van der Waals surface area contributed by atoms with Crippen LogP contribution in [0.5, 0.6) is 0 Å². The van der Waals surface area contributed by atoms with Crippen molar-refractivity contribution < 1.29 is 19.4 Å². The predicted octanol–water partition coefficient (Wildman–Crippen LogP) is 4.42. The number of esters is 1. The molecule has 1 aromatic heterocycles. The molecule has 0 aliphatic carbocycles. The van der Waals surface area contributed by atoms with Crippen molar-refractivity contribution >= 4 is 23.4 Å². The molecule has 0 aliphatic rings. The Morgan fingerprint density at radius 3 is 2.52 bits per heavy atom. The molecule has 29 heavy (non-hydrogen) atoms. The van der Waals surface area contributed by atoms with Gasteiger partial charge in [-0.15, -0.1) is 0 Å². The van der Waals surface area contributed by atoms with Crippen LogP contribution in [0.1, 0.15) is 46.7 Å². The van der Waals surface area contributed by atoms with Gasteiger partial charge in [0.05, 0.1) is 19.1 Å². The van der Waals surface area contributed by atoms with Crippen molar-refractivity contribution in [1.29, 1.82) is 0 Å². The smallest absolute Gasteiger partial charge is 0.310 e. The molecule has 0 atom stereocenters. The number of nitrogens with zero attached hydrogens (tertiary/aromatic N) is 1. The highest BCUT2D eigenvalue weighted by Gasteiger charge is 2.24. The number of rotatable bonds is 7. The standard InChI is InChI=1S/C23H26ClNO4/c1-7-19(26)22-13(2)21(18(14(3)25-22)11-20(27)29-6)17-9-8-16(24)10-15(17)12-23(4,5)28/h7-10,28H,1,11-12H2,2-6H3. The van der Waals surface area contributed by atoms with E-state index >= 15 is 0 Å². The van der Waals surface area contributed by atoms with Crippen LogP contribution in [0.3, 0.4) is 0 Å². The van der Waals surface area contributed by atoms with Gasteiger partial charge < -0.3 is 9.84 Å². The zero-order valence-electron chi connectivity index (χ0n) is 17.4. The summed E-state index contributed by atoms with van der Waals surface area (Å²) in [6, 6.07) is 5.38. The maximum atomic E-state index is 12.4. The van der Waals surface area contributed by atoms with E-state index in [-0.39, 0.29) is 17.9 Å². The van der Waals surface area contributed by atoms with E-state index in [9.17, 15) is 14.7 Å². The number of benzene rings is 1. The SMILES string of the molecule is C=CC(=O)c1nc(C)c(CC(=O)OC)c(-c2ccc(Cl)cc2CC(C)(C)O)c1C. The Labute approximate surface area is 176 Å². The molecule has 0 saturated carbocycles. The van der Waals surface area contributed by atoms with Crippen LogP contribution in [0.2, 0.25) is 5.02 Å². The summed E-state index contributed by atoms with van der Waals surface area (Å²) in [4.78, 5) is 28.9. The van der Waals surface area contributed by atoms with E-state index in [1.54, 1.807) is 39.8 Å². The van der Waals surface area contributed by atoms with Crippen LogP contribution in [0.4, 0.5) is 0 Å². The molecule has 2 rings (SSSR count). The summed E-state index contributed by atoms with van der Waals surface area (Å²) in [5.74, 6) is -0.703. The normalized spacial score (nSPS) is 11.3. The number of aryl methyl sites for hydroxylation is 1. The van der Waals surface area contributed by atoms with Gasteiger partial charge in [0.25, 0.3) is 0 Å². The maximum Gasteiger partial charge on any atom is 0.310 e. The number of ether oxygens (including phenoxy) is 1. The maximum absolute atomic E-state index is 12.4. The number of aliphatic hydroxyl groups is 1. The average Bonchev–Trinajstić information content (AvgIpc) is 2.63. The Bertz CT molecular complexity index is 974. The van der Waals surface area contributed by atoms with Gasteiger partial charge in [0.15, 0.2) is 0 Å². The molecule has 0 spiro atoms. The quantitative estimate of drug-likeness (QED) is 0.411. The monoisotopic (exact) mass is 415 g/mol. The van der Waals surface area contributed by atoms with Gasteiger partial charge in [-0.1, -0.05) is 24.2 Å².